The molecular formula is C9H11N5. The average Bonchev–Trinajstić information content (AvgIpc) is 2.54. The van der Waals surface area contributed by atoms with Gasteiger partial charge in [0.15, 0.2) is 0 Å². The molecule has 2 aromatic rings. The minimum atomic E-state index is 0.622. The standard InChI is InChI=1S/C9H11N5/c1-5-2-6(10)3-7(11)9(5)8-4-12-14-13-8/h2-4H,10-11H2,1H3,(H,12,13,14). The molecule has 5 nitrogen and oxygen atoms in total. The molecule has 0 fully saturated rings. The maximum atomic E-state index is 5.85. The van der Waals surface area contributed by atoms with E-state index in [1.165, 1.54) is 0 Å². The van der Waals surface area contributed by atoms with Crippen LogP contribution in [0.1, 0.15) is 5.56 Å². The van der Waals surface area contributed by atoms with Crippen molar-refractivity contribution in [3.8, 4) is 11.3 Å². The number of anilines is 2. The molecule has 14 heavy (non-hydrogen) atoms. The van der Waals surface area contributed by atoms with Gasteiger partial charge in [0, 0.05) is 16.9 Å². The number of aromatic nitrogens is 3. The lowest BCUT2D eigenvalue weighted by Gasteiger charge is -2.07. The Kier molecular flexibility index (Phi) is 1.85. The van der Waals surface area contributed by atoms with Crippen LogP contribution in [0, 0.1) is 6.92 Å². The van der Waals surface area contributed by atoms with E-state index >= 15 is 0 Å². The predicted molar refractivity (Wildman–Crippen MR) is 55.4 cm³/mol. The van der Waals surface area contributed by atoms with Crippen LogP contribution in [0.3, 0.4) is 0 Å². The summed E-state index contributed by atoms with van der Waals surface area (Å²) in [5, 5.41) is 10.3. The summed E-state index contributed by atoms with van der Waals surface area (Å²) in [6.45, 7) is 1.94. The Balaban J connectivity index is 2.64. The highest BCUT2D eigenvalue weighted by Crippen LogP contribution is 2.29. The summed E-state index contributed by atoms with van der Waals surface area (Å²) in [7, 11) is 0. The van der Waals surface area contributed by atoms with E-state index in [0.717, 1.165) is 16.8 Å². The molecule has 0 unspecified atom stereocenters. The van der Waals surface area contributed by atoms with Gasteiger partial charge in [-0.3, -0.25) is 0 Å². The molecule has 72 valence electrons. The Hall–Kier alpha value is -2.04. The maximum Gasteiger partial charge on any atom is 0.115 e. The van der Waals surface area contributed by atoms with Crippen LogP contribution in [-0.2, 0) is 0 Å². The van der Waals surface area contributed by atoms with Gasteiger partial charge in [-0.1, -0.05) is 0 Å². The molecule has 0 saturated carbocycles. The first-order valence-electron chi connectivity index (χ1n) is 4.20. The summed E-state index contributed by atoms with van der Waals surface area (Å²) < 4.78 is 0. The van der Waals surface area contributed by atoms with Crippen molar-refractivity contribution in [1.29, 1.82) is 0 Å². The van der Waals surface area contributed by atoms with Crippen molar-refractivity contribution in [3.63, 3.8) is 0 Å². The van der Waals surface area contributed by atoms with Crippen molar-refractivity contribution in [2.75, 3.05) is 11.5 Å². The number of rotatable bonds is 1. The quantitative estimate of drug-likeness (QED) is 0.582. The SMILES string of the molecule is Cc1cc(N)cc(N)c1-c1cn[nH]n1. The van der Waals surface area contributed by atoms with Crippen LogP contribution in [0.25, 0.3) is 11.3 Å². The molecule has 1 aromatic carbocycles. The number of aromatic amines is 1. The fraction of sp³-hybridized carbons (Fsp3) is 0.111. The molecule has 0 amide bonds. The number of nitrogens with two attached hydrogens (primary N) is 2. The number of hydrogen-bond acceptors (Lipinski definition) is 4. The van der Waals surface area contributed by atoms with E-state index in [2.05, 4.69) is 15.4 Å². The van der Waals surface area contributed by atoms with Gasteiger partial charge in [-0.25, -0.2) is 0 Å². The lowest BCUT2D eigenvalue weighted by Crippen LogP contribution is -1.96. The molecule has 0 saturated heterocycles. The normalized spacial score (nSPS) is 10.4. The predicted octanol–water partition coefficient (Wildman–Crippen LogP) is 0.945. The largest absolute Gasteiger partial charge is 0.399 e. The second-order valence-electron chi connectivity index (χ2n) is 3.16. The molecule has 0 atom stereocenters. The van der Waals surface area contributed by atoms with E-state index in [4.69, 9.17) is 11.5 Å². The fourth-order valence-electron chi connectivity index (χ4n) is 1.52. The van der Waals surface area contributed by atoms with Crippen LogP contribution in [0.4, 0.5) is 11.4 Å². The van der Waals surface area contributed by atoms with E-state index < -0.39 is 0 Å². The highest BCUT2D eigenvalue weighted by Gasteiger charge is 2.09. The van der Waals surface area contributed by atoms with Crippen LogP contribution in [-0.4, -0.2) is 15.4 Å². The number of hydrogen-bond donors (Lipinski definition) is 3. The van der Waals surface area contributed by atoms with Crippen LogP contribution < -0.4 is 11.5 Å². The first-order chi connectivity index (χ1) is 6.68. The molecule has 0 spiro atoms. The van der Waals surface area contributed by atoms with Gasteiger partial charge in [-0.15, -0.1) is 0 Å². The minimum absolute atomic E-state index is 0.622. The number of aryl methyl sites for hydroxylation is 1. The third kappa shape index (κ3) is 1.28. The topological polar surface area (TPSA) is 93.6 Å². The van der Waals surface area contributed by atoms with Crippen LogP contribution in [0.15, 0.2) is 18.3 Å². The summed E-state index contributed by atoms with van der Waals surface area (Å²) in [5.74, 6) is 0. The average molecular weight is 189 g/mol. The third-order valence-electron chi connectivity index (χ3n) is 2.06. The fourth-order valence-corrected chi connectivity index (χ4v) is 1.52. The Morgan fingerprint density at radius 3 is 2.64 bits per heavy atom. The molecule has 0 bridgehead atoms. The zero-order valence-corrected chi connectivity index (χ0v) is 7.78. The summed E-state index contributed by atoms with van der Waals surface area (Å²) in [4.78, 5) is 0. The van der Waals surface area contributed by atoms with Crippen LogP contribution in [0.2, 0.25) is 0 Å². The van der Waals surface area contributed by atoms with Crippen molar-refractivity contribution in [2.45, 2.75) is 6.92 Å². The summed E-state index contributed by atoms with van der Waals surface area (Å²) in [6.07, 6.45) is 1.63. The Morgan fingerprint density at radius 2 is 2.07 bits per heavy atom. The van der Waals surface area contributed by atoms with Gasteiger partial charge < -0.3 is 11.5 Å². The van der Waals surface area contributed by atoms with Gasteiger partial charge in [0.1, 0.15) is 5.69 Å². The lowest BCUT2D eigenvalue weighted by molar-refractivity contribution is 0.942. The molecule has 5 N–H and O–H groups in total. The number of nitrogen functional groups attached to an aromatic ring is 2. The number of benzene rings is 1. The Labute approximate surface area is 81.1 Å². The minimum Gasteiger partial charge on any atom is -0.399 e. The summed E-state index contributed by atoms with van der Waals surface area (Å²) >= 11 is 0. The smallest absolute Gasteiger partial charge is 0.115 e. The first kappa shape index (κ1) is 8.55. The monoisotopic (exact) mass is 189 g/mol. The molecule has 1 aromatic heterocycles. The number of nitrogens with one attached hydrogen (secondary N) is 1. The summed E-state index contributed by atoms with van der Waals surface area (Å²) in [5.41, 5.74) is 15.4. The van der Waals surface area contributed by atoms with Crippen LogP contribution in [0.5, 0.6) is 0 Å². The van der Waals surface area contributed by atoms with Gasteiger partial charge in [0.05, 0.1) is 6.20 Å². The number of H-pyrrole nitrogens is 1. The molecule has 5 heteroatoms. The highest BCUT2D eigenvalue weighted by atomic mass is 15.3. The van der Waals surface area contributed by atoms with Crippen molar-refractivity contribution in [3.05, 3.63) is 23.9 Å². The lowest BCUT2D eigenvalue weighted by atomic mass is 10.0. The first-order valence-corrected chi connectivity index (χ1v) is 4.20. The van der Waals surface area contributed by atoms with Crippen molar-refractivity contribution in [2.24, 2.45) is 0 Å². The number of nitrogens with zero attached hydrogens (tertiary/aromatic N) is 2. The highest BCUT2D eigenvalue weighted by molar-refractivity contribution is 5.79. The van der Waals surface area contributed by atoms with E-state index in [1.54, 1.807) is 12.3 Å². The van der Waals surface area contributed by atoms with E-state index in [-0.39, 0.29) is 0 Å². The van der Waals surface area contributed by atoms with Crippen molar-refractivity contribution < 1.29 is 0 Å². The van der Waals surface area contributed by atoms with Gasteiger partial charge in [0.25, 0.3) is 0 Å². The third-order valence-corrected chi connectivity index (χ3v) is 2.06. The van der Waals surface area contributed by atoms with Gasteiger partial charge in [-0.2, -0.15) is 15.4 Å². The molecule has 0 aliphatic heterocycles. The van der Waals surface area contributed by atoms with Crippen LogP contribution >= 0.6 is 0 Å². The molecular weight excluding hydrogens is 178 g/mol. The van der Waals surface area contributed by atoms with Gasteiger partial charge >= 0.3 is 0 Å². The second kappa shape index (κ2) is 3.02. The molecule has 0 aliphatic carbocycles. The Bertz CT molecular complexity index is 423. The molecule has 0 aliphatic rings. The van der Waals surface area contributed by atoms with E-state index in [9.17, 15) is 0 Å². The van der Waals surface area contributed by atoms with Gasteiger partial charge in [0.2, 0.25) is 0 Å². The van der Waals surface area contributed by atoms with Crippen molar-refractivity contribution in [1.82, 2.24) is 15.4 Å². The second-order valence-corrected chi connectivity index (χ2v) is 3.16. The molecule has 0 radical (unpaired) electrons. The van der Waals surface area contributed by atoms with Gasteiger partial charge in [-0.05, 0) is 24.6 Å². The van der Waals surface area contributed by atoms with E-state index in [0.29, 0.717) is 11.4 Å². The zero-order chi connectivity index (χ0) is 10.1. The zero-order valence-electron chi connectivity index (χ0n) is 7.78. The van der Waals surface area contributed by atoms with Crippen molar-refractivity contribution >= 4 is 11.4 Å². The summed E-state index contributed by atoms with van der Waals surface area (Å²) in [6, 6.07) is 3.58. The molecule has 1 heterocycles. The van der Waals surface area contributed by atoms with E-state index in [1.807, 2.05) is 13.0 Å². The maximum absolute atomic E-state index is 5.85. The Morgan fingerprint density at radius 1 is 1.29 bits per heavy atom. The molecule has 2 rings (SSSR count).